The van der Waals surface area contributed by atoms with Gasteiger partial charge in [-0.15, -0.1) is 0 Å². The third kappa shape index (κ3) is 4.59. The molecule has 136 valence electrons. The SMILES string of the molecule is C[C@@H](CN(C(=O)c1cccc(OCc2cccnc2)c1)C1CC1)C(=O)O. The molecule has 1 amide bonds. The van der Waals surface area contributed by atoms with E-state index >= 15 is 0 Å². The average molecular weight is 354 g/mol. The van der Waals surface area contributed by atoms with Gasteiger partial charge in [0.25, 0.3) is 5.91 Å². The van der Waals surface area contributed by atoms with Gasteiger partial charge < -0.3 is 14.7 Å². The van der Waals surface area contributed by atoms with E-state index < -0.39 is 11.9 Å². The third-order valence-corrected chi connectivity index (χ3v) is 4.35. The lowest BCUT2D eigenvalue weighted by Gasteiger charge is -2.24. The van der Waals surface area contributed by atoms with Crippen molar-refractivity contribution in [2.24, 2.45) is 5.92 Å². The van der Waals surface area contributed by atoms with Crippen molar-refractivity contribution in [1.29, 1.82) is 0 Å². The van der Waals surface area contributed by atoms with Gasteiger partial charge >= 0.3 is 5.97 Å². The highest BCUT2D eigenvalue weighted by Gasteiger charge is 2.35. The monoisotopic (exact) mass is 354 g/mol. The molecule has 1 N–H and O–H groups in total. The lowest BCUT2D eigenvalue weighted by molar-refractivity contribution is -0.141. The molecule has 3 rings (SSSR count). The maximum atomic E-state index is 12.9. The third-order valence-electron chi connectivity index (χ3n) is 4.35. The quantitative estimate of drug-likeness (QED) is 0.788. The number of carboxylic acids is 1. The van der Waals surface area contributed by atoms with Crippen LogP contribution in [0.15, 0.2) is 48.8 Å². The summed E-state index contributed by atoms with van der Waals surface area (Å²) in [6.45, 7) is 2.21. The summed E-state index contributed by atoms with van der Waals surface area (Å²) in [7, 11) is 0. The zero-order valence-electron chi connectivity index (χ0n) is 14.7. The summed E-state index contributed by atoms with van der Waals surface area (Å²) in [6, 6.07) is 10.9. The molecule has 0 aliphatic heterocycles. The van der Waals surface area contributed by atoms with Gasteiger partial charge in [-0.3, -0.25) is 14.6 Å². The van der Waals surface area contributed by atoms with Gasteiger partial charge in [0.2, 0.25) is 0 Å². The largest absolute Gasteiger partial charge is 0.489 e. The lowest BCUT2D eigenvalue weighted by atomic mass is 10.1. The summed E-state index contributed by atoms with van der Waals surface area (Å²) >= 11 is 0. The molecule has 1 aromatic carbocycles. The van der Waals surface area contributed by atoms with Crippen LogP contribution in [0, 0.1) is 5.92 Å². The second kappa shape index (κ2) is 7.99. The fraction of sp³-hybridized carbons (Fsp3) is 0.350. The van der Waals surface area contributed by atoms with E-state index in [2.05, 4.69) is 4.98 Å². The Bertz CT molecular complexity index is 774. The molecule has 0 bridgehead atoms. The Morgan fingerprint density at radius 1 is 1.31 bits per heavy atom. The molecule has 1 heterocycles. The fourth-order valence-electron chi connectivity index (χ4n) is 2.69. The van der Waals surface area contributed by atoms with Crippen LogP contribution in [0.5, 0.6) is 5.75 Å². The predicted molar refractivity (Wildman–Crippen MR) is 95.9 cm³/mol. The zero-order chi connectivity index (χ0) is 18.5. The second-order valence-corrected chi connectivity index (χ2v) is 6.61. The zero-order valence-corrected chi connectivity index (χ0v) is 14.7. The first kappa shape index (κ1) is 17.9. The molecule has 1 aliphatic carbocycles. The molecular weight excluding hydrogens is 332 g/mol. The van der Waals surface area contributed by atoms with Gasteiger partial charge in [0.05, 0.1) is 5.92 Å². The van der Waals surface area contributed by atoms with Gasteiger partial charge in [-0.25, -0.2) is 0 Å². The summed E-state index contributed by atoms with van der Waals surface area (Å²) in [5.41, 5.74) is 1.46. The lowest BCUT2D eigenvalue weighted by Crippen LogP contribution is -2.38. The average Bonchev–Trinajstić information content (AvgIpc) is 3.49. The number of nitrogens with zero attached hydrogens (tertiary/aromatic N) is 2. The van der Waals surface area contributed by atoms with E-state index in [1.54, 1.807) is 48.5 Å². The van der Waals surface area contributed by atoms with Crippen molar-refractivity contribution in [2.75, 3.05) is 6.54 Å². The van der Waals surface area contributed by atoms with Crippen LogP contribution in [0.25, 0.3) is 0 Å². The molecule has 0 spiro atoms. The Hall–Kier alpha value is -2.89. The van der Waals surface area contributed by atoms with E-state index in [0.717, 1.165) is 18.4 Å². The number of aromatic nitrogens is 1. The molecule has 6 nitrogen and oxygen atoms in total. The normalized spacial score (nSPS) is 14.5. The highest BCUT2D eigenvalue weighted by molar-refractivity contribution is 5.95. The maximum Gasteiger partial charge on any atom is 0.308 e. The smallest absolute Gasteiger partial charge is 0.308 e. The van der Waals surface area contributed by atoms with Gasteiger partial charge in [-0.2, -0.15) is 0 Å². The molecule has 6 heteroatoms. The van der Waals surface area contributed by atoms with Gasteiger partial charge in [-0.1, -0.05) is 19.1 Å². The first-order chi connectivity index (χ1) is 12.5. The standard InChI is InChI=1S/C20H22N2O4/c1-14(20(24)25)12-22(17-7-8-17)19(23)16-5-2-6-18(10-16)26-13-15-4-3-9-21-11-15/h2-6,9-11,14,17H,7-8,12-13H2,1H3,(H,24,25)/t14-/m0/s1. The number of carbonyl (C=O) groups excluding carboxylic acids is 1. The Labute approximate surface area is 152 Å². The summed E-state index contributed by atoms with van der Waals surface area (Å²) < 4.78 is 5.75. The number of hydrogen-bond donors (Lipinski definition) is 1. The molecule has 26 heavy (non-hydrogen) atoms. The van der Waals surface area contributed by atoms with Crippen molar-refractivity contribution in [3.05, 3.63) is 59.9 Å². The van der Waals surface area contributed by atoms with Gasteiger partial charge in [-0.05, 0) is 37.1 Å². The van der Waals surface area contributed by atoms with Crippen molar-refractivity contribution in [1.82, 2.24) is 9.88 Å². The van der Waals surface area contributed by atoms with Crippen molar-refractivity contribution in [2.45, 2.75) is 32.4 Å². The molecule has 0 saturated heterocycles. The molecule has 2 aromatic rings. The van der Waals surface area contributed by atoms with E-state index in [1.807, 2.05) is 12.1 Å². The van der Waals surface area contributed by atoms with Crippen LogP contribution in [0.1, 0.15) is 35.7 Å². The highest BCUT2D eigenvalue weighted by atomic mass is 16.5. The molecule has 1 aliphatic rings. The molecule has 0 radical (unpaired) electrons. The minimum atomic E-state index is -0.892. The first-order valence-corrected chi connectivity index (χ1v) is 8.70. The maximum absolute atomic E-state index is 12.9. The van der Waals surface area contributed by atoms with Crippen LogP contribution in [0.2, 0.25) is 0 Å². The molecule has 1 aromatic heterocycles. The van der Waals surface area contributed by atoms with Crippen LogP contribution < -0.4 is 4.74 Å². The molecular formula is C20H22N2O4. The van der Waals surface area contributed by atoms with Crippen LogP contribution >= 0.6 is 0 Å². The Morgan fingerprint density at radius 3 is 2.77 bits per heavy atom. The summed E-state index contributed by atoms with van der Waals surface area (Å²) in [5.74, 6) is -1.03. The molecule has 1 atom stereocenters. The minimum Gasteiger partial charge on any atom is -0.489 e. The number of pyridine rings is 1. The van der Waals surface area contributed by atoms with Crippen molar-refractivity contribution in [3.63, 3.8) is 0 Å². The van der Waals surface area contributed by atoms with E-state index in [4.69, 9.17) is 9.84 Å². The van der Waals surface area contributed by atoms with Crippen molar-refractivity contribution >= 4 is 11.9 Å². The first-order valence-electron chi connectivity index (χ1n) is 8.70. The number of carboxylic acid groups (broad SMARTS) is 1. The summed E-state index contributed by atoms with van der Waals surface area (Å²) in [4.78, 5) is 29.8. The summed E-state index contributed by atoms with van der Waals surface area (Å²) in [6.07, 6.45) is 5.29. The number of ether oxygens (including phenoxy) is 1. The number of aliphatic carboxylic acids is 1. The minimum absolute atomic E-state index is 0.143. The Morgan fingerprint density at radius 2 is 2.12 bits per heavy atom. The fourth-order valence-corrected chi connectivity index (χ4v) is 2.69. The molecule has 0 unspecified atom stereocenters. The van der Waals surface area contributed by atoms with Crippen LogP contribution in [-0.2, 0) is 11.4 Å². The van der Waals surface area contributed by atoms with Crippen LogP contribution in [-0.4, -0.2) is 39.5 Å². The van der Waals surface area contributed by atoms with Gasteiger partial charge in [0.15, 0.2) is 0 Å². The molecule has 1 fully saturated rings. The Kier molecular flexibility index (Phi) is 5.51. The highest BCUT2D eigenvalue weighted by Crippen LogP contribution is 2.29. The molecule has 1 saturated carbocycles. The van der Waals surface area contributed by atoms with Crippen LogP contribution in [0.4, 0.5) is 0 Å². The van der Waals surface area contributed by atoms with Crippen molar-refractivity contribution in [3.8, 4) is 5.75 Å². The van der Waals surface area contributed by atoms with E-state index in [9.17, 15) is 9.59 Å². The number of benzene rings is 1. The van der Waals surface area contributed by atoms with E-state index in [1.165, 1.54) is 0 Å². The second-order valence-electron chi connectivity index (χ2n) is 6.61. The van der Waals surface area contributed by atoms with E-state index in [0.29, 0.717) is 17.9 Å². The van der Waals surface area contributed by atoms with Gasteiger partial charge in [0.1, 0.15) is 12.4 Å². The predicted octanol–water partition coefficient (Wildman–Crippen LogP) is 2.99. The number of carbonyl (C=O) groups is 2. The van der Waals surface area contributed by atoms with Crippen LogP contribution in [0.3, 0.4) is 0 Å². The topological polar surface area (TPSA) is 79.7 Å². The van der Waals surface area contributed by atoms with Crippen molar-refractivity contribution < 1.29 is 19.4 Å². The van der Waals surface area contributed by atoms with E-state index in [-0.39, 0.29) is 18.5 Å². The number of rotatable bonds is 8. The summed E-state index contributed by atoms with van der Waals surface area (Å²) in [5, 5.41) is 9.14. The Balaban J connectivity index is 1.69. The number of hydrogen-bond acceptors (Lipinski definition) is 4. The van der Waals surface area contributed by atoms with Gasteiger partial charge in [0, 0.05) is 36.1 Å². The number of amides is 1.